The third kappa shape index (κ3) is 3.45. The van der Waals surface area contributed by atoms with E-state index in [1.54, 1.807) is 23.9 Å². The molecule has 1 aliphatic carbocycles. The molecule has 3 nitrogen and oxygen atoms in total. The monoisotopic (exact) mass is 457 g/mol. The highest BCUT2D eigenvalue weighted by molar-refractivity contribution is 14.1. The van der Waals surface area contributed by atoms with Crippen molar-refractivity contribution in [3.8, 4) is 0 Å². The second-order valence-electron chi connectivity index (χ2n) is 6.60. The standard InChI is InChI=1S/C18H21FIN3S/c19-12-7-11-8-16(18-22-14(5-6-20)10-24-18)23-17(11)15(9-12)21-13-3-1-2-4-13/h7-9,13-14,21,23H,1-6,10H2. The van der Waals surface area contributed by atoms with Crippen molar-refractivity contribution >= 4 is 56.0 Å². The van der Waals surface area contributed by atoms with E-state index in [2.05, 4.69) is 32.9 Å². The van der Waals surface area contributed by atoms with Gasteiger partial charge in [0.2, 0.25) is 0 Å². The molecule has 1 fully saturated rings. The van der Waals surface area contributed by atoms with E-state index in [-0.39, 0.29) is 5.82 Å². The lowest BCUT2D eigenvalue weighted by Crippen LogP contribution is -2.14. The van der Waals surface area contributed by atoms with Gasteiger partial charge in [-0.3, -0.25) is 4.99 Å². The number of anilines is 1. The summed E-state index contributed by atoms with van der Waals surface area (Å²) < 4.78 is 15.2. The Kier molecular flexibility index (Phi) is 5.03. The summed E-state index contributed by atoms with van der Waals surface area (Å²) >= 11 is 4.21. The van der Waals surface area contributed by atoms with Crippen molar-refractivity contribution in [1.29, 1.82) is 0 Å². The quantitative estimate of drug-likeness (QED) is 0.470. The molecule has 24 heavy (non-hydrogen) atoms. The predicted octanol–water partition coefficient (Wildman–Crippen LogP) is 5.35. The Labute approximate surface area is 159 Å². The molecule has 0 bridgehead atoms. The van der Waals surface area contributed by atoms with Gasteiger partial charge in [-0.25, -0.2) is 4.39 Å². The topological polar surface area (TPSA) is 40.2 Å². The lowest BCUT2D eigenvalue weighted by molar-refractivity contribution is 0.629. The molecule has 1 saturated carbocycles. The number of hydrogen-bond donors (Lipinski definition) is 2. The van der Waals surface area contributed by atoms with Crippen LogP contribution in [0.25, 0.3) is 10.9 Å². The van der Waals surface area contributed by atoms with E-state index in [1.165, 1.54) is 25.7 Å². The Balaban J connectivity index is 1.66. The molecule has 2 aliphatic rings. The highest BCUT2D eigenvalue weighted by Crippen LogP contribution is 2.32. The second-order valence-corrected chi connectivity index (χ2v) is 8.69. The fraction of sp³-hybridized carbons (Fsp3) is 0.500. The average molecular weight is 457 g/mol. The molecule has 1 aromatic carbocycles. The van der Waals surface area contributed by atoms with Crippen molar-refractivity contribution in [3.05, 3.63) is 29.7 Å². The first-order chi connectivity index (χ1) is 11.7. The number of hydrogen-bond acceptors (Lipinski definition) is 3. The molecule has 0 spiro atoms. The summed E-state index contributed by atoms with van der Waals surface area (Å²) in [6, 6.07) is 6.14. The summed E-state index contributed by atoms with van der Waals surface area (Å²) in [6.45, 7) is 0. The molecule has 6 heteroatoms. The van der Waals surface area contributed by atoms with Crippen LogP contribution in [0.2, 0.25) is 0 Å². The number of halogens is 2. The van der Waals surface area contributed by atoms with E-state index < -0.39 is 0 Å². The summed E-state index contributed by atoms with van der Waals surface area (Å²) in [5.74, 6) is 0.868. The number of aliphatic imine (C=N–C) groups is 1. The number of alkyl halides is 1. The molecule has 0 amide bonds. The van der Waals surface area contributed by atoms with Crippen LogP contribution in [-0.4, -0.2) is 32.3 Å². The van der Waals surface area contributed by atoms with Gasteiger partial charge in [-0.15, -0.1) is 11.8 Å². The molecule has 1 unspecified atom stereocenters. The van der Waals surface area contributed by atoms with Gasteiger partial charge in [-0.2, -0.15) is 0 Å². The van der Waals surface area contributed by atoms with E-state index in [9.17, 15) is 4.39 Å². The summed E-state index contributed by atoms with van der Waals surface area (Å²) in [4.78, 5) is 8.32. The zero-order chi connectivity index (χ0) is 16.5. The van der Waals surface area contributed by atoms with Crippen molar-refractivity contribution in [3.63, 3.8) is 0 Å². The first kappa shape index (κ1) is 16.7. The van der Waals surface area contributed by atoms with Crippen LogP contribution in [-0.2, 0) is 0 Å². The zero-order valence-corrected chi connectivity index (χ0v) is 16.4. The van der Waals surface area contributed by atoms with Crippen LogP contribution in [0, 0.1) is 5.82 Å². The maximum atomic E-state index is 14.0. The van der Waals surface area contributed by atoms with Crippen LogP contribution < -0.4 is 5.32 Å². The first-order valence-electron chi connectivity index (χ1n) is 8.58. The molecule has 1 aliphatic heterocycles. The number of rotatable bonds is 5. The minimum atomic E-state index is -0.183. The molecular formula is C18H21FIN3S. The number of H-pyrrole nitrogens is 1. The number of aromatic nitrogens is 1. The Morgan fingerprint density at radius 2 is 2.12 bits per heavy atom. The number of nitrogens with zero attached hydrogens (tertiary/aromatic N) is 1. The number of thioether (sulfide) groups is 1. The predicted molar refractivity (Wildman–Crippen MR) is 110 cm³/mol. The van der Waals surface area contributed by atoms with Crippen LogP contribution in [0.5, 0.6) is 0 Å². The van der Waals surface area contributed by atoms with E-state index >= 15 is 0 Å². The van der Waals surface area contributed by atoms with Crippen LogP contribution in [0.3, 0.4) is 0 Å². The van der Waals surface area contributed by atoms with Crippen LogP contribution in [0.15, 0.2) is 23.2 Å². The Hall–Kier alpha value is -0.760. The van der Waals surface area contributed by atoms with Crippen LogP contribution in [0.1, 0.15) is 37.8 Å². The molecule has 4 rings (SSSR count). The fourth-order valence-corrected chi connectivity index (χ4v) is 5.36. The summed E-state index contributed by atoms with van der Waals surface area (Å²) in [5, 5.41) is 5.52. The number of aromatic amines is 1. The highest BCUT2D eigenvalue weighted by atomic mass is 127. The summed E-state index contributed by atoms with van der Waals surface area (Å²) in [6.07, 6.45) is 5.99. The number of nitrogens with one attached hydrogen (secondary N) is 2. The normalized spacial score (nSPS) is 21.6. The van der Waals surface area contributed by atoms with Gasteiger partial charge in [-0.05, 0) is 37.5 Å². The van der Waals surface area contributed by atoms with Gasteiger partial charge in [0, 0.05) is 21.6 Å². The van der Waals surface area contributed by atoms with E-state index in [0.717, 1.165) is 43.9 Å². The lowest BCUT2D eigenvalue weighted by atomic mass is 10.2. The molecule has 1 aromatic heterocycles. The third-order valence-electron chi connectivity index (χ3n) is 4.79. The van der Waals surface area contributed by atoms with Crippen molar-refractivity contribution in [1.82, 2.24) is 4.98 Å². The highest BCUT2D eigenvalue weighted by Gasteiger charge is 2.22. The molecule has 0 radical (unpaired) electrons. The molecule has 128 valence electrons. The van der Waals surface area contributed by atoms with Crippen molar-refractivity contribution in [2.75, 3.05) is 15.5 Å². The zero-order valence-electron chi connectivity index (χ0n) is 13.4. The van der Waals surface area contributed by atoms with Gasteiger partial charge in [0.05, 0.1) is 22.9 Å². The van der Waals surface area contributed by atoms with Gasteiger partial charge < -0.3 is 10.3 Å². The van der Waals surface area contributed by atoms with E-state index in [4.69, 9.17) is 4.99 Å². The third-order valence-corrected chi connectivity index (χ3v) is 6.57. The summed E-state index contributed by atoms with van der Waals surface area (Å²) in [5.41, 5.74) is 2.90. The van der Waals surface area contributed by atoms with Gasteiger partial charge in [-0.1, -0.05) is 35.4 Å². The molecule has 2 N–H and O–H groups in total. The SMILES string of the molecule is Fc1cc(NC2CCCC2)c2[nH]c(C3=NC(CCI)CS3)cc2c1. The van der Waals surface area contributed by atoms with Gasteiger partial charge in [0.1, 0.15) is 10.9 Å². The molecule has 0 saturated heterocycles. The van der Waals surface area contributed by atoms with Crippen LogP contribution in [0.4, 0.5) is 10.1 Å². The fourth-order valence-electron chi connectivity index (χ4n) is 3.56. The molecular weight excluding hydrogens is 436 g/mol. The second kappa shape index (κ2) is 7.23. The van der Waals surface area contributed by atoms with E-state index in [1.807, 2.05) is 6.07 Å². The van der Waals surface area contributed by atoms with Crippen molar-refractivity contribution < 1.29 is 4.39 Å². The minimum Gasteiger partial charge on any atom is -0.381 e. The van der Waals surface area contributed by atoms with Crippen LogP contribution >= 0.6 is 34.4 Å². The first-order valence-corrected chi connectivity index (χ1v) is 11.1. The maximum absolute atomic E-state index is 14.0. The molecule has 2 heterocycles. The Bertz CT molecular complexity index is 767. The maximum Gasteiger partial charge on any atom is 0.126 e. The molecule has 1 atom stereocenters. The average Bonchev–Trinajstić information content (AvgIpc) is 3.26. The number of benzene rings is 1. The van der Waals surface area contributed by atoms with E-state index in [0.29, 0.717) is 12.1 Å². The van der Waals surface area contributed by atoms with Gasteiger partial charge >= 0.3 is 0 Å². The van der Waals surface area contributed by atoms with Gasteiger partial charge in [0.25, 0.3) is 0 Å². The summed E-state index contributed by atoms with van der Waals surface area (Å²) in [7, 11) is 0. The van der Waals surface area contributed by atoms with Crippen molar-refractivity contribution in [2.24, 2.45) is 4.99 Å². The smallest absolute Gasteiger partial charge is 0.126 e. The lowest BCUT2D eigenvalue weighted by Gasteiger charge is -2.14. The largest absolute Gasteiger partial charge is 0.381 e. The van der Waals surface area contributed by atoms with Crippen molar-refractivity contribution in [2.45, 2.75) is 44.2 Å². The van der Waals surface area contributed by atoms with Gasteiger partial charge in [0.15, 0.2) is 0 Å². The molecule has 2 aromatic rings. The Morgan fingerprint density at radius 1 is 1.29 bits per heavy atom. The Morgan fingerprint density at radius 3 is 2.92 bits per heavy atom. The minimum absolute atomic E-state index is 0.183. The number of fused-ring (bicyclic) bond motifs is 1.